The number of nitrogens with zero attached hydrogens (tertiary/aromatic N) is 6. The minimum atomic E-state index is -0.714. The molecule has 8 heteroatoms. The Morgan fingerprint density at radius 3 is 2.53 bits per heavy atom. The first kappa shape index (κ1) is 21.6. The molecule has 0 spiro atoms. The molecule has 164 valence electrons. The van der Waals surface area contributed by atoms with Crippen LogP contribution in [0.2, 0.25) is 0 Å². The molecule has 3 heterocycles. The van der Waals surface area contributed by atoms with E-state index in [4.69, 9.17) is 0 Å². The van der Waals surface area contributed by atoms with Crippen molar-refractivity contribution in [1.29, 1.82) is 0 Å². The highest BCUT2D eigenvalue weighted by Gasteiger charge is 2.13. The highest BCUT2D eigenvalue weighted by atomic mass is 16.3. The fraction of sp³-hybridized carbons (Fsp3) is 0.292. The van der Waals surface area contributed by atoms with Gasteiger partial charge >= 0.3 is 0 Å². The predicted octanol–water partition coefficient (Wildman–Crippen LogP) is 2.72. The minimum Gasteiger partial charge on any atom is -0.390 e. The van der Waals surface area contributed by atoms with Crippen LogP contribution in [0, 0.1) is 0 Å². The summed E-state index contributed by atoms with van der Waals surface area (Å²) in [6, 6.07) is 9.34. The minimum absolute atomic E-state index is 0.108. The molecule has 4 rings (SSSR count). The third kappa shape index (κ3) is 5.33. The van der Waals surface area contributed by atoms with Gasteiger partial charge in [-0.05, 0) is 43.9 Å². The predicted molar refractivity (Wildman–Crippen MR) is 121 cm³/mol. The lowest BCUT2D eigenvalue weighted by atomic mass is 10.0. The Kier molecular flexibility index (Phi) is 5.96. The van der Waals surface area contributed by atoms with Crippen molar-refractivity contribution in [3.05, 3.63) is 88.4 Å². The monoisotopic (exact) mass is 430 g/mol. The van der Waals surface area contributed by atoms with Crippen molar-refractivity contribution in [2.24, 2.45) is 7.05 Å². The summed E-state index contributed by atoms with van der Waals surface area (Å²) >= 11 is 0. The largest absolute Gasteiger partial charge is 0.390 e. The number of aryl methyl sites for hydroxylation is 2. The van der Waals surface area contributed by atoms with Crippen molar-refractivity contribution in [3.63, 3.8) is 0 Å². The van der Waals surface area contributed by atoms with Crippen molar-refractivity contribution >= 4 is 0 Å². The van der Waals surface area contributed by atoms with Crippen LogP contribution >= 0.6 is 0 Å². The molecule has 0 aliphatic rings. The SMILES string of the molecule is Cn1cc(-n2ccc(=O)c(Cc3cccc(-c4ncc(CCC(C)(C)O)cn4)c3)n2)cn1. The molecule has 0 saturated heterocycles. The second kappa shape index (κ2) is 8.84. The van der Waals surface area contributed by atoms with Gasteiger partial charge in [-0.3, -0.25) is 9.48 Å². The molecule has 8 nitrogen and oxygen atoms in total. The van der Waals surface area contributed by atoms with E-state index >= 15 is 0 Å². The van der Waals surface area contributed by atoms with E-state index in [-0.39, 0.29) is 5.43 Å². The Morgan fingerprint density at radius 1 is 1.06 bits per heavy atom. The average Bonchev–Trinajstić information content (AvgIpc) is 3.20. The van der Waals surface area contributed by atoms with E-state index < -0.39 is 5.60 Å². The van der Waals surface area contributed by atoms with E-state index in [0.29, 0.717) is 30.8 Å². The molecule has 0 aliphatic heterocycles. The smallest absolute Gasteiger partial charge is 0.203 e. The summed E-state index contributed by atoms with van der Waals surface area (Å²) in [7, 11) is 1.83. The molecular weight excluding hydrogens is 404 g/mol. The van der Waals surface area contributed by atoms with E-state index in [0.717, 1.165) is 22.4 Å². The van der Waals surface area contributed by atoms with Crippen LogP contribution in [0.5, 0.6) is 0 Å². The highest BCUT2D eigenvalue weighted by molar-refractivity contribution is 5.56. The zero-order valence-corrected chi connectivity index (χ0v) is 18.4. The summed E-state index contributed by atoms with van der Waals surface area (Å²) in [5.74, 6) is 0.618. The zero-order chi connectivity index (χ0) is 22.7. The Bertz CT molecular complexity index is 1270. The molecule has 1 aromatic carbocycles. The normalized spacial score (nSPS) is 11.6. The molecular formula is C24H26N6O2. The Balaban J connectivity index is 1.53. The van der Waals surface area contributed by atoms with Crippen LogP contribution in [0.15, 0.2) is 66.1 Å². The lowest BCUT2D eigenvalue weighted by Gasteiger charge is -2.16. The Labute approximate surface area is 186 Å². The van der Waals surface area contributed by atoms with Gasteiger partial charge in [-0.25, -0.2) is 14.6 Å². The van der Waals surface area contributed by atoms with Gasteiger partial charge in [0.15, 0.2) is 5.82 Å². The van der Waals surface area contributed by atoms with Gasteiger partial charge in [0.2, 0.25) is 5.43 Å². The number of hydrogen-bond donors (Lipinski definition) is 1. The summed E-state index contributed by atoms with van der Waals surface area (Å²) in [5, 5.41) is 18.6. The van der Waals surface area contributed by atoms with Crippen LogP contribution < -0.4 is 5.43 Å². The molecule has 4 aromatic rings. The third-order valence-electron chi connectivity index (χ3n) is 5.12. The van der Waals surface area contributed by atoms with E-state index in [1.165, 1.54) is 6.07 Å². The summed E-state index contributed by atoms with van der Waals surface area (Å²) in [6.45, 7) is 3.58. The van der Waals surface area contributed by atoms with Crippen LogP contribution in [0.1, 0.15) is 37.1 Å². The third-order valence-corrected chi connectivity index (χ3v) is 5.12. The maximum Gasteiger partial charge on any atom is 0.203 e. The van der Waals surface area contributed by atoms with Crippen LogP contribution in [0.3, 0.4) is 0 Å². The van der Waals surface area contributed by atoms with Crippen molar-refractivity contribution in [2.75, 3.05) is 0 Å². The molecule has 0 saturated carbocycles. The van der Waals surface area contributed by atoms with Gasteiger partial charge in [0, 0.05) is 43.7 Å². The van der Waals surface area contributed by atoms with Crippen LogP contribution in [0.4, 0.5) is 0 Å². The fourth-order valence-electron chi connectivity index (χ4n) is 3.34. The van der Waals surface area contributed by atoms with Crippen molar-refractivity contribution < 1.29 is 5.11 Å². The summed E-state index contributed by atoms with van der Waals surface area (Å²) in [4.78, 5) is 21.4. The zero-order valence-electron chi connectivity index (χ0n) is 18.4. The van der Waals surface area contributed by atoms with Crippen molar-refractivity contribution in [2.45, 2.75) is 38.7 Å². The highest BCUT2D eigenvalue weighted by Crippen LogP contribution is 2.19. The maximum absolute atomic E-state index is 12.4. The number of hydrogen-bond acceptors (Lipinski definition) is 6. The lowest BCUT2D eigenvalue weighted by molar-refractivity contribution is 0.0713. The first-order chi connectivity index (χ1) is 15.3. The summed E-state index contributed by atoms with van der Waals surface area (Å²) in [5.41, 5.74) is 3.23. The molecule has 0 bridgehead atoms. The van der Waals surface area contributed by atoms with Crippen LogP contribution in [-0.4, -0.2) is 40.2 Å². The molecule has 0 unspecified atom stereocenters. The molecule has 0 atom stereocenters. The molecule has 1 N–H and O–H groups in total. The van der Waals surface area contributed by atoms with Gasteiger partial charge < -0.3 is 5.11 Å². The molecule has 32 heavy (non-hydrogen) atoms. The average molecular weight is 431 g/mol. The second-order valence-corrected chi connectivity index (χ2v) is 8.55. The number of aliphatic hydroxyl groups is 1. The summed E-state index contributed by atoms with van der Waals surface area (Å²) < 4.78 is 3.34. The van der Waals surface area contributed by atoms with Gasteiger partial charge in [-0.2, -0.15) is 10.2 Å². The molecule has 0 radical (unpaired) electrons. The van der Waals surface area contributed by atoms with Gasteiger partial charge in [0.25, 0.3) is 0 Å². The van der Waals surface area contributed by atoms with E-state index in [9.17, 15) is 9.90 Å². The Morgan fingerprint density at radius 2 is 1.84 bits per heavy atom. The molecule has 0 aliphatic carbocycles. The first-order valence-corrected chi connectivity index (χ1v) is 10.5. The van der Waals surface area contributed by atoms with Gasteiger partial charge in [0.1, 0.15) is 11.4 Å². The number of aromatic nitrogens is 6. The number of benzene rings is 1. The van der Waals surface area contributed by atoms with Crippen LogP contribution in [0.25, 0.3) is 17.1 Å². The lowest BCUT2D eigenvalue weighted by Crippen LogP contribution is -2.19. The fourth-order valence-corrected chi connectivity index (χ4v) is 3.34. The summed E-state index contributed by atoms with van der Waals surface area (Å²) in [6.07, 6.45) is 10.5. The van der Waals surface area contributed by atoms with Crippen molar-refractivity contribution in [1.82, 2.24) is 29.5 Å². The van der Waals surface area contributed by atoms with Gasteiger partial charge in [0.05, 0.1) is 18.0 Å². The Hall–Kier alpha value is -3.65. The molecule has 3 aromatic heterocycles. The maximum atomic E-state index is 12.4. The van der Waals surface area contributed by atoms with Crippen LogP contribution in [-0.2, 0) is 19.9 Å². The quantitative estimate of drug-likeness (QED) is 0.484. The first-order valence-electron chi connectivity index (χ1n) is 10.5. The van der Waals surface area contributed by atoms with E-state index in [1.54, 1.807) is 48.0 Å². The van der Waals surface area contributed by atoms with Gasteiger partial charge in [-0.1, -0.05) is 18.2 Å². The van der Waals surface area contributed by atoms with E-state index in [1.807, 2.05) is 37.5 Å². The van der Waals surface area contributed by atoms with E-state index in [2.05, 4.69) is 20.2 Å². The topological polar surface area (TPSA) is 98.7 Å². The van der Waals surface area contributed by atoms with Gasteiger partial charge in [-0.15, -0.1) is 0 Å². The second-order valence-electron chi connectivity index (χ2n) is 8.55. The number of rotatable bonds is 7. The molecule has 0 fully saturated rings. The molecule has 0 amide bonds. The standard InChI is InChI=1S/C24H26N6O2/c1-24(2,32)9-7-18-13-25-23(26-14-18)19-6-4-5-17(11-19)12-21-22(31)8-10-30(28-21)20-15-27-29(3)16-20/h4-6,8,10-11,13-16,32H,7,9,12H2,1-3H3. The van der Waals surface area contributed by atoms with Crippen molar-refractivity contribution in [3.8, 4) is 17.1 Å².